The SMILES string of the molecule is CC[C@H](O)[C@@H](O)[C@H]1CCOC(C)(C)O1. The smallest absolute Gasteiger partial charge is 0.163 e. The molecule has 4 heteroatoms. The summed E-state index contributed by atoms with van der Waals surface area (Å²) in [5.74, 6) is -0.655. The Labute approximate surface area is 84.8 Å². The third-order valence-corrected chi connectivity index (χ3v) is 2.48. The van der Waals surface area contributed by atoms with Gasteiger partial charge < -0.3 is 19.7 Å². The minimum Gasteiger partial charge on any atom is -0.390 e. The molecule has 0 saturated carbocycles. The summed E-state index contributed by atoms with van der Waals surface area (Å²) in [5, 5.41) is 19.2. The summed E-state index contributed by atoms with van der Waals surface area (Å²) in [6, 6.07) is 0. The molecular weight excluding hydrogens is 184 g/mol. The predicted octanol–water partition coefficient (Wildman–Crippen LogP) is 0.660. The van der Waals surface area contributed by atoms with Crippen molar-refractivity contribution >= 4 is 0 Å². The van der Waals surface area contributed by atoms with Gasteiger partial charge in [0.25, 0.3) is 0 Å². The minimum absolute atomic E-state index is 0.325. The fourth-order valence-electron chi connectivity index (χ4n) is 1.61. The zero-order chi connectivity index (χ0) is 10.8. The molecule has 1 rings (SSSR count). The number of hydrogen-bond donors (Lipinski definition) is 2. The molecule has 14 heavy (non-hydrogen) atoms. The van der Waals surface area contributed by atoms with E-state index in [0.717, 1.165) is 0 Å². The molecule has 0 bridgehead atoms. The second-order valence-corrected chi connectivity index (χ2v) is 4.16. The topological polar surface area (TPSA) is 58.9 Å². The zero-order valence-corrected chi connectivity index (χ0v) is 9.06. The standard InChI is InChI=1S/C10H20O4/c1-4-7(11)9(12)8-5-6-13-10(2,3)14-8/h7-9,11-12H,4-6H2,1-3H3/t7-,8+,9+/m0/s1. The first-order valence-electron chi connectivity index (χ1n) is 5.14. The number of rotatable bonds is 3. The maximum absolute atomic E-state index is 9.74. The highest BCUT2D eigenvalue weighted by molar-refractivity contribution is 4.80. The number of aliphatic hydroxyl groups excluding tert-OH is 2. The van der Waals surface area contributed by atoms with Crippen molar-refractivity contribution in [3.8, 4) is 0 Å². The molecule has 1 heterocycles. The van der Waals surface area contributed by atoms with Gasteiger partial charge in [-0.25, -0.2) is 0 Å². The quantitative estimate of drug-likeness (QED) is 0.709. The first-order valence-corrected chi connectivity index (χ1v) is 5.14. The summed E-state index contributed by atoms with van der Waals surface area (Å²) in [6.07, 6.45) is -0.699. The van der Waals surface area contributed by atoms with Crippen molar-refractivity contribution in [3.05, 3.63) is 0 Å². The van der Waals surface area contributed by atoms with E-state index in [1.54, 1.807) is 0 Å². The van der Waals surface area contributed by atoms with E-state index >= 15 is 0 Å². The van der Waals surface area contributed by atoms with E-state index in [2.05, 4.69) is 0 Å². The Balaban J connectivity index is 2.51. The molecule has 1 aliphatic heterocycles. The van der Waals surface area contributed by atoms with Crippen LogP contribution in [0.5, 0.6) is 0 Å². The van der Waals surface area contributed by atoms with Gasteiger partial charge in [-0.05, 0) is 26.7 Å². The van der Waals surface area contributed by atoms with Crippen LogP contribution in [-0.2, 0) is 9.47 Å². The molecule has 0 radical (unpaired) electrons. The van der Waals surface area contributed by atoms with Gasteiger partial charge in [0.05, 0.1) is 18.8 Å². The van der Waals surface area contributed by atoms with Crippen LogP contribution in [-0.4, -0.2) is 40.9 Å². The van der Waals surface area contributed by atoms with Gasteiger partial charge >= 0.3 is 0 Å². The molecule has 0 spiro atoms. The number of aliphatic hydroxyl groups is 2. The summed E-state index contributed by atoms with van der Waals surface area (Å²) < 4.78 is 10.9. The normalized spacial score (nSPS) is 31.1. The second kappa shape index (κ2) is 4.57. The highest BCUT2D eigenvalue weighted by atomic mass is 16.7. The van der Waals surface area contributed by atoms with E-state index < -0.39 is 18.0 Å². The second-order valence-electron chi connectivity index (χ2n) is 4.16. The molecule has 0 aromatic heterocycles. The fourth-order valence-corrected chi connectivity index (χ4v) is 1.61. The minimum atomic E-state index is -0.817. The van der Waals surface area contributed by atoms with Crippen LogP contribution >= 0.6 is 0 Å². The Hall–Kier alpha value is -0.160. The van der Waals surface area contributed by atoms with Gasteiger partial charge in [-0.2, -0.15) is 0 Å². The molecular formula is C10H20O4. The fraction of sp³-hybridized carbons (Fsp3) is 1.00. The van der Waals surface area contributed by atoms with Gasteiger partial charge in [0, 0.05) is 0 Å². The lowest BCUT2D eigenvalue weighted by molar-refractivity contribution is -0.293. The molecule has 0 amide bonds. The number of hydrogen-bond acceptors (Lipinski definition) is 4. The van der Waals surface area contributed by atoms with Crippen molar-refractivity contribution in [2.45, 2.75) is 57.7 Å². The third kappa shape index (κ3) is 2.92. The summed E-state index contributed by atoms with van der Waals surface area (Å²) in [5.41, 5.74) is 0. The van der Waals surface area contributed by atoms with Gasteiger partial charge in [-0.3, -0.25) is 0 Å². The van der Waals surface area contributed by atoms with Gasteiger partial charge in [-0.15, -0.1) is 0 Å². The van der Waals surface area contributed by atoms with Gasteiger partial charge in [-0.1, -0.05) is 6.92 Å². The molecule has 1 saturated heterocycles. The first kappa shape index (κ1) is 11.9. The molecule has 3 atom stereocenters. The number of ether oxygens (including phenoxy) is 2. The Morgan fingerprint density at radius 3 is 2.57 bits per heavy atom. The van der Waals surface area contributed by atoms with Crippen LogP contribution in [0.3, 0.4) is 0 Å². The van der Waals surface area contributed by atoms with Crippen molar-refractivity contribution in [2.75, 3.05) is 6.61 Å². The van der Waals surface area contributed by atoms with Crippen molar-refractivity contribution in [3.63, 3.8) is 0 Å². The van der Waals surface area contributed by atoms with Crippen LogP contribution in [0, 0.1) is 0 Å². The van der Waals surface area contributed by atoms with Crippen molar-refractivity contribution in [2.24, 2.45) is 0 Å². The van der Waals surface area contributed by atoms with E-state index in [4.69, 9.17) is 9.47 Å². The monoisotopic (exact) mass is 204 g/mol. The van der Waals surface area contributed by atoms with Crippen LogP contribution in [0.2, 0.25) is 0 Å². The molecule has 0 aromatic rings. The lowest BCUT2D eigenvalue weighted by Crippen LogP contribution is -2.48. The lowest BCUT2D eigenvalue weighted by Gasteiger charge is -2.38. The zero-order valence-electron chi connectivity index (χ0n) is 9.06. The maximum atomic E-state index is 9.74. The van der Waals surface area contributed by atoms with Crippen molar-refractivity contribution < 1.29 is 19.7 Å². The molecule has 1 aliphatic rings. The Bertz CT molecular complexity index is 181. The van der Waals surface area contributed by atoms with Crippen LogP contribution in [0.1, 0.15) is 33.6 Å². The van der Waals surface area contributed by atoms with Crippen LogP contribution < -0.4 is 0 Å². The van der Waals surface area contributed by atoms with E-state index in [-0.39, 0.29) is 6.10 Å². The van der Waals surface area contributed by atoms with E-state index in [9.17, 15) is 10.2 Å². The Kier molecular flexibility index (Phi) is 3.89. The molecule has 1 fully saturated rings. The molecule has 0 unspecified atom stereocenters. The van der Waals surface area contributed by atoms with Crippen LogP contribution in [0.25, 0.3) is 0 Å². The van der Waals surface area contributed by atoms with Crippen molar-refractivity contribution in [1.29, 1.82) is 0 Å². The van der Waals surface area contributed by atoms with Gasteiger partial charge in [0.1, 0.15) is 6.10 Å². The van der Waals surface area contributed by atoms with E-state index in [1.165, 1.54) is 0 Å². The highest BCUT2D eigenvalue weighted by Gasteiger charge is 2.35. The van der Waals surface area contributed by atoms with Crippen LogP contribution in [0.15, 0.2) is 0 Å². The molecule has 2 N–H and O–H groups in total. The summed E-state index contributed by atoms with van der Waals surface area (Å²) in [7, 11) is 0. The van der Waals surface area contributed by atoms with E-state index in [1.807, 2.05) is 20.8 Å². The molecule has 0 aromatic carbocycles. The maximum Gasteiger partial charge on any atom is 0.163 e. The molecule has 84 valence electrons. The summed E-state index contributed by atoms with van der Waals surface area (Å²) in [6.45, 7) is 6.01. The van der Waals surface area contributed by atoms with Crippen LogP contribution in [0.4, 0.5) is 0 Å². The Morgan fingerprint density at radius 1 is 1.43 bits per heavy atom. The first-order chi connectivity index (χ1) is 6.46. The predicted molar refractivity (Wildman–Crippen MR) is 51.8 cm³/mol. The molecule has 4 nitrogen and oxygen atoms in total. The van der Waals surface area contributed by atoms with E-state index in [0.29, 0.717) is 19.4 Å². The average molecular weight is 204 g/mol. The van der Waals surface area contributed by atoms with Gasteiger partial charge in [0.2, 0.25) is 0 Å². The summed E-state index contributed by atoms with van der Waals surface area (Å²) >= 11 is 0. The van der Waals surface area contributed by atoms with Gasteiger partial charge in [0.15, 0.2) is 5.79 Å². The third-order valence-electron chi connectivity index (χ3n) is 2.48. The highest BCUT2D eigenvalue weighted by Crippen LogP contribution is 2.25. The largest absolute Gasteiger partial charge is 0.390 e. The average Bonchev–Trinajstić information content (AvgIpc) is 2.14. The Morgan fingerprint density at radius 2 is 2.07 bits per heavy atom. The van der Waals surface area contributed by atoms with Crippen molar-refractivity contribution in [1.82, 2.24) is 0 Å². The lowest BCUT2D eigenvalue weighted by atomic mass is 10.0. The summed E-state index contributed by atoms with van der Waals surface area (Å²) in [4.78, 5) is 0. The molecule has 0 aliphatic carbocycles.